The van der Waals surface area contributed by atoms with Gasteiger partial charge in [0.25, 0.3) is 5.91 Å². The summed E-state index contributed by atoms with van der Waals surface area (Å²) in [6, 6.07) is 12.2. The predicted octanol–water partition coefficient (Wildman–Crippen LogP) is 2.01. The van der Waals surface area contributed by atoms with E-state index in [4.69, 9.17) is 14.2 Å². The molecule has 1 aliphatic heterocycles. The van der Waals surface area contributed by atoms with Gasteiger partial charge in [0.05, 0.1) is 12.2 Å². The maximum absolute atomic E-state index is 12.3. The third-order valence-electron chi connectivity index (χ3n) is 4.35. The summed E-state index contributed by atoms with van der Waals surface area (Å²) in [5, 5.41) is 2.80. The fourth-order valence-electron chi connectivity index (χ4n) is 2.94. The Kier molecular flexibility index (Phi) is 4.76. The van der Waals surface area contributed by atoms with Crippen LogP contribution < -0.4 is 25.2 Å². The van der Waals surface area contributed by atoms with Crippen LogP contribution in [0.2, 0.25) is 0 Å². The standard InChI is InChI=1S/C20H19N3O5/c1-13-11-22-20(25)23(13)15-4-2-14(3-5-15)19(24)21-8-9-26-16-6-7-17-18(10-16)28-12-27-17/h2-7,10-11H,8-9,12H2,1H3,(H,21,24)(H,22,25). The van der Waals surface area contributed by atoms with Gasteiger partial charge < -0.3 is 24.5 Å². The number of benzene rings is 2. The van der Waals surface area contributed by atoms with Crippen LogP contribution in [0.1, 0.15) is 16.1 Å². The summed E-state index contributed by atoms with van der Waals surface area (Å²) in [4.78, 5) is 26.7. The van der Waals surface area contributed by atoms with Crippen molar-refractivity contribution in [2.24, 2.45) is 0 Å². The SMILES string of the molecule is Cc1c[nH]c(=O)n1-c1ccc(C(=O)NCCOc2ccc3c(c2)OCO3)cc1. The largest absolute Gasteiger partial charge is 0.492 e. The first-order chi connectivity index (χ1) is 13.6. The van der Waals surface area contributed by atoms with Gasteiger partial charge in [-0.15, -0.1) is 0 Å². The molecule has 4 rings (SSSR count). The molecule has 0 aliphatic carbocycles. The van der Waals surface area contributed by atoms with E-state index in [-0.39, 0.29) is 18.4 Å². The van der Waals surface area contributed by atoms with E-state index < -0.39 is 0 Å². The zero-order valence-electron chi connectivity index (χ0n) is 15.2. The highest BCUT2D eigenvalue weighted by Gasteiger charge is 2.13. The number of rotatable bonds is 6. The number of nitrogens with one attached hydrogen (secondary N) is 2. The van der Waals surface area contributed by atoms with Crippen LogP contribution in [0.25, 0.3) is 5.69 Å². The lowest BCUT2D eigenvalue weighted by Gasteiger charge is -2.09. The number of ether oxygens (including phenoxy) is 3. The maximum Gasteiger partial charge on any atom is 0.330 e. The number of nitrogens with zero attached hydrogens (tertiary/aromatic N) is 1. The summed E-state index contributed by atoms with van der Waals surface area (Å²) in [5.74, 6) is 1.79. The van der Waals surface area contributed by atoms with Crippen LogP contribution in [-0.4, -0.2) is 35.4 Å². The average molecular weight is 381 g/mol. The van der Waals surface area contributed by atoms with Crippen LogP contribution in [0.4, 0.5) is 0 Å². The molecular formula is C20H19N3O5. The molecule has 0 bridgehead atoms. The van der Waals surface area contributed by atoms with Gasteiger partial charge in [-0.1, -0.05) is 0 Å². The van der Waals surface area contributed by atoms with Crippen LogP contribution in [0.3, 0.4) is 0 Å². The Labute approximate surface area is 160 Å². The van der Waals surface area contributed by atoms with E-state index in [1.165, 1.54) is 0 Å². The number of imidazole rings is 1. The van der Waals surface area contributed by atoms with Gasteiger partial charge in [-0.25, -0.2) is 4.79 Å². The summed E-state index contributed by atoms with van der Waals surface area (Å²) in [7, 11) is 0. The summed E-state index contributed by atoms with van der Waals surface area (Å²) in [6.45, 7) is 2.72. The zero-order valence-corrected chi connectivity index (χ0v) is 15.2. The van der Waals surface area contributed by atoms with Crippen molar-refractivity contribution in [3.63, 3.8) is 0 Å². The van der Waals surface area contributed by atoms with Gasteiger partial charge in [-0.2, -0.15) is 0 Å². The Balaban J connectivity index is 1.30. The van der Waals surface area contributed by atoms with Crippen LogP contribution in [0, 0.1) is 6.92 Å². The van der Waals surface area contributed by atoms with Crippen molar-refractivity contribution in [1.82, 2.24) is 14.9 Å². The second-order valence-electron chi connectivity index (χ2n) is 6.24. The van der Waals surface area contributed by atoms with Crippen molar-refractivity contribution in [2.75, 3.05) is 19.9 Å². The summed E-state index contributed by atoms with van der Waals surface area (Å²) < 4.78 is 17.7. The van der Waals surface area contributed by atoms with Gasteiger partial charge in [0.15, 0.2) is 11.5 Å². The second kappa shape index (κ2) is 7.51. The fraction of sp³-hybridized carbons (Fsp3) is 0.200. The Bertz CT molecular complexity index is 1050. The second-order valence-corrected chi connectivity index (χ2v) is 6.24. The number of fused-ring (bicyclic) bond motifs is 1. The summed E-state index contributed by atoms with van der Waals surface area (Å²) >= 11 is 0. The molecule has 8 heteroatoms. The van der Waals surface area contributed by atoms with Crippen LogP contribution >= 0.6 is 0 Å². The minimum atomic E-state index is -0.213. The third kappa shape index (κ3) is 3.57. The van der Waals surface area contributed by atoms with Gasteiger partial charge in [-0.05, 0) is 43.3 Å². The molecule has 2 aromatic carbocycles. The Morgan fingerprint density at radius 2 is 1.96 bits per heavy atom. The van der Waals surface area contributed by atoms with Gasteiger partial charge in [0, 0.05) is 23.5 Å². The molecule has 1 amide bonds. The number of H-pyrrole nitrogens is 1. The molecule has 1 aromatic heterocycles. The molecule has 2 N–H and O–H groups in total. The summed E-state index contributed by atoms with van der Waals surface area (Å²) in [5.41, 5.74) is 1.79. The number of amides is 1. The molecule has 0 unspecified atom stereocenters. The Morgan fingerprint density at radius 1 is 1.18 bits per heavy atom. The first kappa shape index (κ1) is 17.7. The third-order valence-corrected chi connectivity index (χ3v) is 4.35. The monoisotopic (exact) mass is 381 g/mol. The van der Waals surface area contributed by atoms with Crippen LogP contribution in [0.15, 0.2) is 53.5 Å². The molecule has 0 saturated heterocycles. The molecule has 1 aliphatic rings. The lowest BCUT2D eigenvalue weighted by molar-refractivity contribution is 0.0947. The van der Waals surface area contributed by atoms with E-state index in [2.05, 4.69) is 10.3 Å². The first-order valence-electron chi connectivity index (χ1n) is 8.80. The van der Waals surface area contributed by atoms with E-state index in [9.17, 15) is 9.59 Å². The minimum Gasteiger partial charge on any atom is -0.492 e. The number of hydrogen-bond acceptors (Lipinski definition) is 5. The van der Waals surface area contributed by atoms with E-state index in [0.29, 0.717) is 41.7 Å². The molecule has 0 saturated carbocycles. The van der Waals surface area contributed by atoms with E-state index in [1.807, 2.05) is 6.92 Å². The van der Waals surface area contributed by atoms with Crippen molar-refractivity contribution in [3.05, 3.63) is 70.4 Å². The van der Waals surface area contributed by atoms with E-state index in [0.717, 1.165) is 5.69 Å². The van der Waals surface area contributed by atoms with E-state index in [1.54, 1.807) is 53.2 Å². The lowest BCUT2D eigenvalue weighted by atomic mass is 10.2. The zero-order chi connectivity index (χ0) is 19.5. The predicted molar refractivity (Wildman–Crippen MR) is 102 cm³/mol. The van der Waals surface area contributed by atoms with Gasteiger partial charge in [-0.3, -0.25) is 9.36 Å². The average Bonchev–Trinajstić information content (AvgIpc) is 3.31. The number of aromatic amines is 1. The smallest absolute Gasteiger partial charge is 0.330 e. The maximum atomic E-state index is 12.3. The molecule has 2 heterocycles. The van der Waals surface area contributed by atoms with Crippen molar-refractivity contribution in [2.45, 2.75) is 6.92 Å². The van der Waals surface area contributed by atoms with Crippen molar-refractivity contribution < 1.29 is 19.0 Å². The lowest BCUT2D eigenvalue weighted by Crippen LogP contribution is -2.28. The number of carbonyl (C=O) groups excluding carboxylic acids is 1. The highest BCUT2D eigenvalue weighted by atomic mass is 16.7. The van der Waals surface area contributed by atoms with E-state index >= 15 is 0 Å². The van der Waals surface area contributed by atoms with Crippen molar-refractivity contribution in [3.8, 4) is 22.9 Å². The number of carbonyl (C=O) groups is 1. The Hall–Kier alpha value is -3.68. The number of aryl methyl sites for hydroxylation is 1. The molecule has 0 radical (unpaired) electrons. The highest BCUT2D eigenvalue weighted by Crippen LogP contribution is 2.34. The topological polar surface area (TPSA) is 94.6 Å². The molecule has 28 heavy (non-hydrogen) atoms. The molecular weight excluding hydrogens is 362 g/mol. The molecule has 0 fully saturated rings. The van der Waals surface area contributed by atoms with Crippen LogP contribution in [0.5, 0.6) is 17.2 Å². The normalized spacial score (nSPS) is 12.0. The molecule has 3 aromatic rings. The van der Waals surface area contributed by atoms with Gasteiger partial charge >= 0.3 is 5.69 Å². The fourth-order valence-corrected chi connectivity index (χ4v) is 2.94. The van der Waals surface area contributed by atoms with Gasteiger partial charge in [0.2, 0.25) is 6.79 Å². The van der Waals surface area contributed by atoms with Crippen LogP contribution in [-0.2, 0) is 0 Å². The van der Waals surface area contributed by atoms with Crippen molar-refractivity contribution in [1.29, 1.82) is 0 Å². The molecule has 0 spiro atoms. The number of hydrogen-bond donors (Lipinski definition) is 2. The molecule has 8 nitrogen and oxygen atoms in total. The number of aromatic nitrogens is 2. The summed E-state index contributed by atoms with van der Waals surface area (Å²) in [6.07, 6.45) is 1.64. The first-order valence-corrected chi connectivity index (χ1v) is 8.80. The van der Waals surface area contributed by atoms with Crippen molar-refractivity contribution >= 4 is 5.91 Å². The molecule has 144 valence electrons. The molecule has 0 atom stereocenters. The minimum absolute atomic E-state index is 0.209. The van der Waals surface area contributed by atoms with Gasteiger partial charge in [0.1, 0.15) is 12.4 Å². The Morgan fingerprint density at radius 3 is 2.71 bits per heavy atom. The quantitative estimate of drug-likeness (QED) is 0.637. The highest BCUT2D eigenvalue weighted by molar-refractivity contribution is 5.94.